The molecule has 92 valence electrons. The highest BCUT2D eigenvalue weighted by Crippen LogP contribution is 2.28. The van der Waals surface area contributed by atoms with Gasteiger partial charge in [-0.1, -0.05) is 12.1 Å². The predicted molar refractivity (Wildman–Crippen MR) is 67.4 cm³/mol. The standard InChI is InChI=1S/C14H19NO2/c1-10-5-4-8-13(14(10)12(16)9-15)17-11-6-2-3-7-11/h4-5,8,11H,2-3,6-7,9,15H2,1H3. The van der Waals surface area contributed by atoms with Crippen LogP contribution in [-0.4, -0.2) is 18.4 Å². The molecule has 3 nitrogen and oxygen atoms in total. The molecule has 0 saturated heterocycles. The van der Waals surface area contributed by atoms with Crippen molar-refractivity contribution in [1.82, 2.24) is 0 Å². The number of ketones is 1. The molecule has 0 aromatic heterocycles. The summed E-state index contributed by atoms with van der Waals surface area (Å²) in [4.78, 5) is 11.8. The summed E-state index contributed by atoms with van der Waals surface area (Å²) in [6.45, 7) is 1.95. The molecule has 3 heteroatoms. The minimum absolute atomic E-state index is 0.0336. The maximum absolute atomic E-state index is 11.8. The van der Waals surface area contributed by atoms with E-state index >= 15 is 0 Å². The number of hydrogen-bond acceptors (Lipinski definition) is 3. The van der Waals surface area contributed by atoms with E-state index in [4.69, 9.17) is 10.5 Å². The highest BCUT2D eigenvalue weighted by atomic mass is 16.5. The average Bonchev–Trinajstić information content (AvgIpc) is 2.81. The van der Waals surface area contributed by atoms with Crippen LogP contribution in [0.15, 0.2) is 18.2 Å². The van der Waals surface area contributed by atoms with Crippen molar-refractivity contribution >= 4 is 5.78 Å². The van der Waals surface area contributed by atoms with E-state index in [2.05, 4.69) is 0 Å². The van der Waals surface area contributed by atoms with Crippen molar-refractivity contribution in [3.8, 4) is 5.75 Å². The molecule has 0 unspecified atom stereocenters. The molecule has 0 radical (unpaired) electrons. The summed E-state index contributed by atoms with van der Waals surface area (Å²) in [6.07, 6.45) is 4.88. The van der Waals surface area contributed by atoms with Gasteiger partial charge in [-0.05, 0) is 44.2 Å². The molecule has 1 aliphatic carbocycles. The summed E-state index contributed by atoms with van der Waals surface area (Å²) in [5, 5.41) is 0. The van der Waals surface area contributed by atoms with Crippen molar-refractivity contribution in [2.24, 2.45) is 5.73 Å². The Morgan fingerprint density at radius 1 is 1.41 bits per heavy atom. The Labute approximate surface area is 102 Å². The number of carbonyl (C=O) groups is 1. The normalized spacial score (nSPS) is 16.1. The maximum Gasteiger partial charge on any atom is 0.180 e. The number of Topliss-reactive ketones (excluding diaryl/α,β-unsaturated/α-hetero) is 1. The summed E-state index contributed by atoms with van der Waals surface area (Å²) >= 11 is 0. The van der Waals surface area contributed by atoms with Gasteiger partial charge in [0.25, 0.3) is 0 Å². The van der Waals surface area contributed by atoms with Gasteiger partial charge in [-0.15, -0.1) is 0 Å². The SMILES string of the molecule is Cc1cccc(OC2CCCC2)c1C(=O)CN. The van der Waals surface area contributed by atoms with Crippen molar-refractivity contribution in [1.29, 1.82) is 0 Å². The van der Waals surface area contributed by atoms with E-state index in [0.29, 0.717) is 11.3 Å². The fraction of sp³-hybridized carbons (Fsp3) is 0.500. The summed E-state index contributed by atoms with van der Waals surface area (Å²) in [7, 11) is 0. The Hall–Kier alpha value is -1.35. The van der Waals surface area contributed by atoms with Crippen LogP contribution in [0.3, 0.4) is 0 Å². The van der Waals surface area contributed by atoms with Crippen molar-refractivity contribution in [2.75, 3.05) is 6.54 Å². The van der Waals surface area contributed by atoms with Crippen LogP contribution in [0.1, 0.15) is 41.6 Å². The van der Waals surface area contributed by atoms with Gasteiger partial charge in [0.05, 0.1) is 18.2 Å². The lowest BCUT2D eigenvalue weighted by Crippen LogP contribution is -2.19. The average molecular weight is 233 g/mol. The first-order valence-electron chi connectivity index (χ1n) is 6.22. The highest BCUT2D eigenvalue weighted by molar-refractivity contribution is 6.01. The number of rotatable bonds is 4. The molecule has 2 N–H and O–H groups in total. The van der Waals surface area contributed by atoms with Gasteiger partial charge >= 0.3 is 0 Å². The number of hydrogen-bond donors (Lipinski definition) is 1. The highest BCUT2D eigenvalue weighted by Gasteiger charge is 2.20. The van der Waals surface area contributed by atoms with Crippen molar-refractivity contribution in [3.63, 3.8) is 0 Å². The lowest BCUT2D eigenvalue weighted by molar-refractivity contribution is 0.0993. The topological polar surface area (TPSA) is 52.3 Å². The Morgan fingerprint density at radius 2 is 2.12 bits per heavy atom. The van der Waals surface area contributed by atoms with Crippen LogP contribution in [0, 0.1) is 6.92 Å². The van der Waals surface area contributed by atoms with Crippen molar-refractivity contribution in [3.05, 3.63) is 29.3 Å². The molecule has 0 bridgehead atoms. The fourth-order valence-electron chi connectivity index (χ4n) is 2.38. The molecule has 2 rings (SSSR count). The molecule has 0 amide bonds. The van der Waals surface area contributed by atoms with Crippen LogP contribution >= 0.6 is 0 Å². The van der Waals surface area contributed by atoms with E-state index < -0.39 is 0 Å². The van der Waals surface area contributed by atoms with Crippen LogP contribution in [0.2, 0.25) is 0 Å². The second-order valence-electron chi connectivity index (χ2n) is 4.60. The predicted octanol–water partition coefficient (Wildman–Crippen LogP) is 2.46. The van der Waals surface area contributed by atoms with E-state index in [-0.39, 0.29) is 18.4 Å². The summed E-state index contributed by atoms with van der Waals surface area (Å²) in [5.41, 5.74) is 7.04. The van der Waals surface area contributed by atoms with E-state index in [1.54, 1.807) is 0 Å². The van der Waals surface area contributed by atoms with Gasteiger partial charge in [0.15, 0.2) is 5.78 Å². The zero-order valence-corrected chi connectivity index (χ0v) is 10.2. The first kappa shape index (κ1) is 12.1. The molecule has 1 aromatic rings. The fourth-order valence-corrected chi connectivity index (χ4v) is 2.38. The van der Waals surface area contributed by atoms with Crippen LogP contribution < -0.4 is 10.5 Å². The summed E-state index contributed by atoms with van der Waals surface area (Å²) in [5.74, 6) is 0.656. The Bertz CT molecular complexity index is 409. The molecular weight excluding hydrogens is 214 g/mol. The molecule has 0 heterocycles. The molecule has 0 aliphatic heterocycles. The van der Waals surface area contributed by atoms with Gasteiger partial charge in [0, 0.05) is 0 Å². The lowest BCUT2D eigenvalue weighted by atomic mass is 10.0. The zero-order chi connectivity index (χ0) is 12.3. The van der Waals surface area contributed by atoms with Gasteiger partial charge in [0.1, 0.15) is 5.75 Å². The minimum Gasteiger partial charge on any atom is -0.490 e. The number of nitrogens with two attached hydrogens (primary N) is 1. The van der Waals surface area contributed by atoms with Gasteiger partial charge in [-0.2, -0.15) is 0 Å². The molecular formula is C14H19NO2. The van der Waals surface area contributed by atoms with Crippen LogP contribution in [-0.2, 0) is 0 Å². The Kier molecular flexibility index (Phi) is 3.79. The Morgan fingerprint density at radius 3 is 2.76 bits per heavy atom. The van der Waals surface area contributed by atoms with Gasteiger partial charge in [-0.3, -0.25) is 4.79 Å². The molecule has 17 heavy (non-hydrogen) atoms. The van der Waals surface area contributed by atoms with Gasteiger partial charge in [0.2, 0.25) is 0 Å². The third-order valence-corrected chi connectivity index (χ3v) is 3.29. The van der Waals surface area contributed by atoms with E-state index in [0.717, 1.165) is 18.4 Å². The second kappa shape index (κ2) is 5.32. The van der Waals surface area contributed by atoms with Gasteiger partial charge < -0.3 is 10.5 Å². The molecule has 1 saturated carbocycles. The van der Waals surface area contributed by atoms with Crippen LogP contribution in [0.25, 0.3) is 0 Å². The smallest absolute Gasteiger partial charge is 0.180 e. The van der Waals surface area contributed by atoms with E-state index in [9.17, 15) is 4.79 Å². The zero-order valence-electron chi connectivity index (χ0n) is 10.2. The molecule has 1 aromatic carbocycles. The molecule has 0 atom stereocenters. The van der Waals surface area contributed by atoms with Crippen LogP contribution in [0.5, 0.6) is 5.75 Å². The second-order valence-corrected chi connectivity index (χ2v) is 4.60. The maximum atomic E-state index is 11.8. The first-order chi connectivity index (χ1) is 8.22. The number of ether oxygens (including phenoxy) is 1. The molecule has 1 aliphatic rings. The van der Waals surface area contributed by atoms with E-state index in [1.807, 2.05) is 25.1 Å². The minimum atomic E-state index is -0.0453. The van der Waals surface area contributed by atoms with Crippen LogP contribution in [0.4, 0.5) is 0 Å². The lowest BCUT2D eigenvalue weighted by Gasteiger charge is -2.17. The number of benzene rings is 1. The third kappa shape index (κ3) is 2.67. The summed E-state index contributed by atoms with van der Waals surface area (Å²) < 4.78 is 5.93. The Balaban J connectivity index is 2.25. The largest absolute Gasteiger partial charge is 0.490 e. The monoisotopic (exact) mass is 233 g/mol. The third-order valence-electron chi connectivity index (χ3n) is 3.29. The molecule has 1 fully saturated rings. The quantitative estimate of drug-likeness (QED) is 0.813. The summed E-state index contributed by atoms with van der Waals surface area (Å²) in [6, 6.07) is 5.71. The first-order valence-corrected chi connectivity index (χ1v) is 6.22. The number of carbonyl (C=O) groups excluding carboxylic acids is 1. The van der Waals surface area contributed by atoms with Gasteiger partial charge in [-0.25, -0.2) is 0 Å². The number of aryl methyl sites for hydroxylation is 1. The molecule has 0 spiro atoms. The van der Waals surface area contributed by atoms with Crippen molar-refractivity contribution in [2.45, 2.75) is 38.7 Å². The van der Waals surface area contributed by atoms with Crippen molar-refractivity contribution < 1.29 is 9.53 Å². The van der Waals surface area contributed by atoms with E-state index in [1.165, 1.54) is 12.8 Å².